The van der Waals surface area contributed by atoms with Crippen molar-refractivity contribution >= 4 is 0 Å². The van der Waals surface area contributed by atoms with Crippen LogP contribution in [0.2, 0.25) is 0 Å². The summed E-state index contributed by atoms with van der Waals surface area (Å²) in [7, 11) is 1.66. The lowest BCUT2D eigenvalue weighted by Crippen LogP contribution is -2.33. The summed E-state index contributed by atoms with van der Waals surface area (Å²) in [6, 6.07) is 2.04. The first-order chi connectivity index (χ1) is 11.1. The molecule has 2 rings (SSSR count). The summed E-state index contributed by atoms with van der Waals surface area (Å²) in [6.45, 7) is 10.0. The van der Waals surface area contributed by atoms with Crippen LogP contribution >= 0.6 is 0 Å². The van der Waals surface area contributed by atoms with Crippen LogP contribution < -0.4 is 19.5 Å². The lowest BCUT2D eigenvalue weighted by molar-refractivity contribution is -0.133. The van der Waals surface area contributed by atoms with Crippen LogP contribution in [0.5, 0.6) is 17.2 Å². The highest BCUT2D eigenvalue weighted by Gasteiger charge is 2.26. The van der Waals surface area contributed by atoms with Crippen LogP contribution in [0.3, 0.4) is 0 Å². The van der Waals surface area contributed by atoms with Gasteiger partial charge >= 0.3 is 0 Å². The average molecular weight is 325 g/mol. The summed E-state index contributed by atoms with van der Waals surface area (Å²) in [5.74, 6) is 2.34. The predicted molar refractivity (Wildman–Crippen MR) is 87.3 cm³/mol. The number of nitrogens with one attached hydrogen (secondary N) is 1. The van der Waals surface area contributed by atoms with Crippen molar-refractivity contribution in [1.29, 1.82) is 0 Å². The summed E-state index contributed by atoms with van der Waals surface area (Å²) >= 11 is 0. The molecule has 0 saturated carbocycles. The fraction of sp³-hybridized carbons (Fsp3) is 0.647. The molecule has 1 atom stereocenters. The van der Waals surface area contributed by atoms with Crippen molar-refractivity contribution in [2.45, 2.75) is 40.0 Å². The number of fused-ring (bicyclic) bond motifs is 1. The first kappa shape index (κ1) is 17.8. The van der Waals surface area contributed by atoms with Gasteiger partial charge in [0, 0.05) is 36.9 Å². The second-order valence-electron chi connectivity index (χ2n) is 5.33. The van der Waals surface area contributed by atoms with E-state index in [1.54, 1.807) is 7.11 Å². The smallest absolute Gasteiger partial charge is 0.231 e. The Morgan fingerprint density at radius 3 is 2.43 bits per heavy atom. The summed E-state index contributed by atoms with van der Waals surface area (Å²) in [6.07, 6.45) is -0.259. The van der Waals surface area contributed by atoms with Gasteiger partial charge in [0.2, 0.25) is 6.79 Å². The number of ether oxygens (including phenoxy) is 5. The van der Waals surface area contributed by atoms with Gasteiger partial charge in [0.05, 0.1) is 7.11 Å². The fourth-order valence-electron chi connectivity index (χ4n) is 2.65. The standard InChI is InChI=1S/C17H27NO5/c1-6-20-15(21-7-2)9-18-12(4)13-8-14(19-5)11(3)16-17(13)23-10-22-16/h8,12,15,18H,6-7,9-10H2,1-5H3/t12-/m0/s1. The van der Waals surface area contributed by atoms with Gasteiger partial charge in [-0.2, -0.15) is 0 Å². The SMILES string of the molecule is CCOC(CN[C@@H](C)c1cc(OC)c(C)c2c1OCO2)OCC. The van der Waals surface area contributed by atoms with E-state index >= 15 is 0 Å². The Kier molecular flexibility index (Phi) is 6.50. The molecule has 1 aliphatic rings. The van der Waals surface area contributed by atoms with Gasteiger partial charge in [0.1, 0.15) is 5.75 Å². The monoisotopic (exact) mass is 325 g/mol. The third-order valence-corrected chi connectivity index (χ3v) is 3.85. The molecule has 1 N–H and O–H groups in total. The average Bonchev–Trinajstić information content (AvgIpc) is 3.03. The second kappa shape index (κ2) is 8.38. The van der Waals surface area contributed by atoms with E-state index in [1.165, 1.54) is 0 Å². The molecule has 0 unspecified atom stereocenters. The van der Waals surface area contributed by atoms with E-state index in [9.17, 15) is 0 Å². The summed E-state index contributed by atoms with van der Waals surface area (Å²) < 4.78 is 27.8. The topological polar surface area (TPSA) is 58.2 Å². The van der Waals surface area contributed by atoms with E-state index in [-0.39, 0.29) is 19.1 Å². The summed E-state index contributed by atoms with van der Waals surface area (Å²) in [5, 5.41) is 3.43. The molecule has 0 aliphatic carbocycles. The highest BCUT2D eigenvalue weighted by Crippen LogP contribution is 2.45. The van der Waals surface area contributed by atoms with Crippen molar-refractivity contribution in [2.24, 2.45) is 0 Å². The van der Waals surface area contributed by atoms with Gasteiger partial charge in [-0.3, -0.25) is 0 Å². The van der Waals surface area contributed by atoms with Gasteiger partial charge in [-0.25, -0.2) is 0 Å². The molecule has 1 aromatic carbocycles. The van der Waals surface area contributed by atoms with Crippen LogP contribution in [0.25, 0.3) is 0 Å². The normalized spacial score (nSPS) is 14.3. The molecule has 0 aromatic heterocycles. The molecule has 0 saturated heterocycles. The maximum absolute atomic E-state index is 5.65. The van der Waals surface area contributed by atoms with Crippen molar-refractivity contribution in [3.63, 3.8) is 0 Å². The van der Waals surface area contributed by atoms with Crippen LogP contribution in [-0.4, -0.2) is 40.0 Å². The molecule has 0 fully saturated rings. The fourth-order valence-corrected chi connectivity index (χ4v) is 2.65. The molecule has 6 heteroatoms. The Hall–Kier alpha value is -1.50. The largest absolute Gasteiger partial charge is 0.496 e. The van der Waals surface area contributed by atoms with Gasteiger partial charge in [-0.15, -0.1) is 0 Å². The lowest BCUT2D eigenvalue weighted by atomic mass is 10.0. The number of benzene rings is 1. The molecule has 0 radical (unpaired) electrons. The first-order valence-electron chi connectivity index (χ1n) is 8.05. The molecule has 130 valence electrons. The van der Waals surface area contributed by atoms with Gasteiger partial charge in [-0.05, 0) is 33.8 Å². The Labute approximate surface area is 138 Å². The molecule has 1 aromatic rings. The minimum Gasteiger partial charge on any atom is -0.496 e. The molecule has 0 spiro atoms. The number of methoxy groups -OCH3 is 1. The van der Waals surface area contributed by atoms with Gasteiger partial charge in [-0.1, -0.05) is 0 Å². The Balaban J connectivity index is 2.13. The molecular formula is C17H27NO5. The van der Waals surface area contributed by atoms with E-state index in [0.29, 0.717) is 19.8 Å². The zero-order chi connectivity index (χ0) is 16.8. The zero-order valence-electron chi connectivity index (χ0n) is 14.6. The summed E-state index contributed by atoms with van der Waals surface area (Å²) in [5.41, 5.74) is 1.96. The Bertz CT molecular complexity index is 514. The van der Waals surface area contributed by atoms with Crippen molar-refractivity contribution in [1.82, 2.24) is 5.32 Å². The third-order valence-electron chi connectivity index (χ3n) is 3.85. The molecular weight excluding hydrogens is 298 g/mol. The van der Waals surface area contributed by atoms with E-state index < -0.39 is 0 Å². The maximum Gasteiger partial charge on any atom is 0.231 e. The Morgan fingerprint density at radius 2 is 1.83 bits per heavy atom. The lowest BCUT2D eigenvalue weighted by Gasteiger charge is -2.22. The van der Waals surface area contributed by atoms with Gasteiger partial charge in [0.15, 0.2) is 17.8 Å². The third kappa shape index (κ3) is 4.07. The quantitative estimate of drug-likeness (QED) is 0.705. The highest BCUT2D eigenvalue weighted by molar-refractivity contribution is 5.59. The van der Waals surface area contributed by atoms with Crippen molar-refractivity contribution in [3.05, 3.63) is 17.2 Å². The van der Waals surface area contributed by atoms with E-state index in [2.05, 4.69) is 12.2 Å². The van der Waals surface area contributed by atoms with Crippen LogP contribution in [0, 0.1) is 6.92 Å². The van der Waals surface area contributed by atoms with E-state index in [1.807, 2.05) is 26.8 Å². The van der Waals surface area contributed by atoms with E-state index in [4.69, 9.17) is 23.7 Å². The van der Waals surface area contributed by atoms with Crippen LogP contribution in [-0.2, 0) is 9.47 Å². The van der Waals surface area contributed by atoms with Crippen LogP contribution in [0.15, 0.2) is 6.07 Å². The minimum absolute atomic E-state index is 0.0448. The predicted octanol–water partition coefficient (Wildman–Crippen LogP) is 2.78. The van der Waals surface area contributed by atoms with Crippen LogP contribution in [0.1, 0.15) is 37.9 Å². The molecule has 1 heterocycles. The number of hydrogen-bond acceptors (Lipinski definition) is 6. The van der Waals surface area contributed by atoms with E-state index in [0.717, 1.165) is 28.4 Å². The molecule has 1 aliphatic heterocycles. The number of rotatable bonds is 9. The van der Waals surface area contributed by atoms with Crippen molar-refractivity contribution in [3.8, 4) is 17.2 Å². The zero-order valence-corrected chi connectivity index (χ0v) is 14.6. The van der Waals surface area contributed by atoms with Gasteiger partial charge < -0.3 is 29.0 Å². The molecule has 0 bridgehead atoms. The second-order valence-corrected chi connectivity index (χ2v) is 5.33. The molecule has 6 nitrogen and oxygen atoms in total. The van der Waals surface area contributed by atoms with Crippen molar-refractivity contribution in [2.75, 3.05) is 33.7 Å². The number of hydrogen-bond donors (Lipinski definition) is 1. The molecule has 23 heavy (non-hydrogen) atoms. The highest BCUT2D eigenvalue weighted by atomic mass is 16.7. The summed E-state index contributed by atoms with van der Waals surface area (Å²) in [4.78, 5) is 0. The minimum atomic E-state index is -0.259. The van der Waals surface area contributed by atoms with Crippen molar-refractivity contribution < 1.29 is 23.7 Å². The van der Waals surface area contributed by atoms with Crippen LogP contribution in [0.4, 0.5) is 0 Å². The maximum atomic E-state index is 5.65. The first-order valence-corrected chi connectivity index (χ1v) is 8.05. The van der Waals surface area contributed by atoms with Gasteiger partial charge in [0.25, 0.3) is 0 Å². The molecule has 0 amide bonds. The Morgan fingerprint density at radius 1 is 1.17 bits per heavy atom.